The summed E-state index contributed by atoms with van der Waals surface area (Å²) in [5, 5.41) is 0. The Morgan fingerprint density at radius 2 is 0.0750 bits per heavy atom. The lowest BCUT2D eigenvalue weighted by molar-refractivity contribution is 0.504. The van der Waals surface area contributed by atoms with Crippen LogP contribution in [0.15, 0.2) is 0 Å². The molecule has 0 radical (unpaired) electrons. The fourth-order valence-corrected chi connectivity index (χ4v) is 2.50. The Hall–Kier alpha value is 0. The van der Waals surface area contributed by atoms with Crippen LogP contribution >= 0.6 is 0 Å². The number of hydrogen-bond acceptors (Lipinski definition) is 0. The molecule has 0 bridgehead atoms. The highest BCUT2D eigenvalue weighted by Crippen LogP contribution is 2.18. The third-order valence-electron chi connectivity index (χ3n) is 10.00. The smallest absolute Gasteiger partial charge is 0.0533 e. The maximum Gasteiger partial charge on any atom is -0.0533 e. The Kier molecular flexibility index (Phi) is 33.5. The summed E-state index contributed by atoms with van der Waals surface area (Å²) in [5.74, 6) is 0. The van der Waals surface area contributed by atoms with E-state index in [0.29, 0.717) is 0 Å². The van der Waals surface area contributed by atoms with E-state index >= 15 is 0 Å². The minimum Gasteiger partial charge on any atom is -0.0533 e. The molecule has 0 heterocycles. The van der Waals surface area contributed by atoms with E-state index in [2.05, 4.69) is 0 Å². The zero-order valence-corrected chi connectivity index (χ0v) is 28.3. The molecule has 0 heteroatoms. The lowest BCUT2D eigenvalue weighted by atomic mass is 10.0. The van der Waals surface area contributed by atoms with Crippen LogP contribution in [0, 0.1) is 0 Å². The minimum atomic E-state index is 1.50. The molecular formula is C40H80. The summed E-state index contributed by atoms with van der Waals surface area (Å²) in [5.41, 5.74) is 0. The summed E-state index contributed by atoms with van der Waals surface area (Å²) >= 11 is 0. The average molecular weight is 561 g/mol. The van der Waals surface area contributed by atoms with Gasteiger partial charge in [0.2, 0.25) is 0 Å². The molecule has 0 saturated heterocycles. The summed E-state index contributed by atoms with van der Waals surface area (Å²) in [7, 11) is 0. The minimum absolute atomic E-state index is 1.50. The van der Waals surface area contributed by atoms with Crippen molar-refractivity contribution in [3.8, 4) is 0 Å². The van der Waals surface area contributed by atoms with E-state index in [4.69, 9.17) is 0 Å². The van der Waals surface area contributed by atoms with Crippen LogP contribution in [0.5, 0.6) is 0 Å². The van der Waals surface area contributed by atoms with Gasteiger partial charge in [-0.05, 0) is 0 Å². The van der Waals surface area contributed by atoms with Crippen LogP contribution in [-0.4, -0.2) is 0 Å². The zero-order chi connectivity index (χ0) is 28.3. The standard InChI is InChI=1S/10C4H8/c10*1-2-4-3-1/h10*1-4H2. The quantitative estimate of drug-likeness (QED) is 0.276. The molecule has 10 aliphatic carbocycles. The molecule has 0 nitrogen and oxygen atoms in total. The second-order valence-electron chi connectivity index (χ2n) is 14.1. The predicted octanol–water partition coefficient (Wildman–Crippen LogP) is 15.6. The van der Waals surface area contributed by atoms with Gasteiger partial charge >= 0.3 is 0 Å². The van der Waals surface area contributed by atoms with Gasteiger partial charge in [-0.15, -0.1) is 0 Å². The molecule has 0 aromatic heterocycles. The molecular weight excluding hydrogens is 480 g/mol. The molecule has 10 fully saturated rings. The Bertz CT molecular complexity index is 213. The largest absolute Gasteiger partial charge is 0.0533 e. The monoisotopic (exact) mass is 561 g/mol. The van der Waals surface area contributed by atoms with Crippen LogP contribution in [-0.2, 0) is 0 Å². The molecule has 0 aromatic carbocycles. The normalized spacial score (nSPS) is 24.0. The van der Waals surface area contributed by atoms with Gasteiger partial charge in [0.25, 0.3) is 0 Å². The van der Waals surface area contributed by atoms with Gasteiger partial charge in [0, 0.05) is 0 Å². The van der Waals surface area contributed by atoms with Gasteiger partial charge in [-0.3, -0.25) is 0 Å². The van der Waals surface area contributed by atoms with Crippen molar-refractivity contribution in [2.45, 2.75) is 257 Å². The molecule has 0 atom stereocenters. The molecule has 240 valence electrons. The van der Waals surface area contributed by atoms with E-state index in [1.54, 1.807) is 0 Å². The van der Waals surface area contributed by atoms with Gasteiger partial charge in [0.1, 0.15) is 0 Å². The summed E-state index contributed by atoms with van der Waals surface area (Å²) in [6, 6.07) is 0. The molecule has 10 rings (SSSR count). The first-order valence-corrected chi connectivity index (χ1v) is 20.0. The SMILES string of the molecule is C1CCC1.C1CCC1.C1CCC1.C1CCC1.C1CCC1.C1CCC1.C1CCC1.C1CCC1.C1CCC1.C1CCC1. The number of hydrogen-bond donors (Lipinski definition) is 0. The van der Waals surface area contributed by atoms with E-state index in [1.165, 1.54) is 257 Å². The van der Waals surface area contributed by atoms with E-state index in [0.717, 1.165) is 0 Å². The fraction of sp³-hybridized carbons (Fsp3) is 1.00. The molecule has 0 N–H and O–H groups in total. The van der Waals surface area contributed by atoms with E-state index < -0.39 is 0 Å². The molecule has 10 aliphatic rings. The molecule has 0 spiro atoms. The third-order valence-corrected chi connectivity index (χ3v) is 10.00. The van der Waals surface area contributed by atoms with Gasteiger partial charge < -0.3 is 0 Å². The van der Waals surface area contributed by atoms with Crippen LogP contribution in [0.4, 0.5) is 0 Å². The highest BCUT2D eigenvalue weighted by Gasteiger charge is 1.98. The lowest BCUT2D eigenvalue weighted by Gasteiger charge is -2.05. The van der Waals surface area contributed by atoms with Gasteiger partial charge in [-0.25, -0.2) is 0 Å². The van der Waals surface area contributed by atoms with Gasteiger partial charge in [-0.1, -0.05) is 257 Å². The Morgan fingerprint density at radius 1 is 0.0500 bits per heavy atom. The predicted molar refractivity (Wildman–Crippen MR) is 185 cm³/mol. The zero-order valence-electron chi connectivity index (χ0n) is 28.3. The summed E-state index contributed by atoms with van der Waals surface area (Å²) < 4.78 is 0. The molecule has 0 aliphatic heterocycles. The fourth-order valence-electron chi connectivity index (χ4n) is 2.50. The van der Waals surface area contributed by atoms with Crippen molar-refractivity contribution in [1.29, 1.82) is 0 Å². The van der Waals surface area contributed by atoms with Crippen LogP contribution in [0.2, 0.25) is 0 Å². The van der Waals surface area contributed by atoms with E-state index in [-0.39, 0.29) is 0 Å². The van der Waals surface area contributed by atoms with Gasteiger partial charge in [0.05, 0.1) is 0 Å². The first-order chi connectivity index (χ1) is 20.0. The van der Waals surface area contributed by atoms with Crippen molar-refractivity contribution in [3.05, 3.63) is 0 Å². The first kappa shape index (κ1) is 38.0. The van der Waals surface area contributed by atoms with Gasteiger partial charge in [-0.2, -0.15) is 0 Å². The van der Waals surface area contributed by atoms with Crippen LogP contribution in [0.3, 0.4) is 0 Å². The molecule has 10 saturated carbocycles. The van der Waals surface area contributed by atoms with E-state index in [1.807, 2.05) is 0 Å². The Balaban J connectivity index is 0.000000222. The van der Waals surface area contributed by atoms with Crippen LogP contribution in [0.1, 0.15) is 257 Å². The lowest BCUT2D eigenvalue weighted by Crippen LogP contribution is -1.85. The van der Waals surface area contributed by atoms with Crippen molar-refractivity contribution < 1.29 is 0 Å². The third kappa shape index (κ3) is 32.5. The maximum absolute atomic E-state index is 1.50. The van der Waals surface area contributed by atoms with Crippen LogP contribution in [0.25, 0.3) is 0 Å². The topological polar surface area (TPSA) is 0 Å². The molecule has 0 unspecified atom stereocenters. The van der Waals surface area contributed by atoms with Crippen molar-refractivity contribution in [2.75, 3.05) is 0 Å². The average Bonchev–Trinajstić information content (AvgIpc) is 2.34. The molecule has 0 amide bonds. The highest BCUT2D eigenvalue weighted by molar-refractivity contribution is 4.54. The second-order valence-corrected chi connectivity index (χ2v) is 14.1. The van der Waals surface area contributed by atoms with Crippen molar-refractivity contribution in [3.63, 3.8) is 0 Å². The van der Waals surface area contributed by atoms with Gasteiger partial charge in [0.15, 0.2) is 0 Å². The van der Waals surface area contributed by atoms with Crippen molar-refractivity contribution in [1.82, 2.24) is 0 Å². The summed E-state index contributed by atoms with van der Waals surface area (Å²) in [6.45, 7) is 0. The first-order valence-electron chi connectivity index (χ1n) is 20.0. The van der Waals surface area contributed by atoms with Crippen molar-refractivity contribution >= 4 is 0 Å². The summed E-state index contributed by atoms with van der Waals surface area (Å²) in [6.07, 6.45) is 60.0. The van der Waals surface area contributed by atoms with Crippen molar-refractivity contribution in [2.24, 2.45) is 0 Å². The number of rotatable bonds is 0. The highest BCUT2D eigenvalue weighted by atomic mass is 14.0. The van der Waals surface area contributed by atoms with E-state index in [9.17, 15) is 0 Å². The van der Waals surface area contributed by atoms with Crippen LogP contribution < -0.4 is 0 Å². The molecule has 0 aromatic rings. The maximum atomic E-state index is 1.50. The Morgan fingerprint density at radius 3 is 0.0750 bits per heavy atom. The molecule has 40 heavy (non-hydrogen) atoms. The Labute approximate surface area is 256 Å². The second kappa shape index (κ2) is 35.2. The summed E-state index contributed by atoms with van der Waals surface area (Å²) in [4.78, 5) is 0.